The first-order valence-electron chi connectivity index (χ1n) is 3.91. The second-order valence-electron chi connectivity index (χ2n) is 2.91. The predicted molar refractivity (Wildman–Crippen MR) is 49.1 cm³/mol. The SMILES string of the molecule is Cl.NCc1ncc(C2CC2)cn1. The van der Waals surface area contributed by atoms with Crippen LogP contribution < -0.4 is 5.73 Å². The van der Waals surface area contributed by atoms with Crippen LogP contribution in [0.25, 0.3) is 0 Å². The fourth-order valence-electron chi connectivity index (χ4n) is 1.10. The smallest absolute Gasteiger partial charge is 0.141 e. The first kappa shape index (κ1) is 9.42. The molecule has 1 aliphatic carbocycles. The van der Waals surface area contributed by atoms with Crippen molar-refractivity contribution in [3.05, 3.63) is 23.8 Å². The summed E-state index contributed by atoms with van der Waals surface area (Å²) in [5.74, 6) is 1.47. The molecule has 0 unspecified atom stereocenters. The molecule has 1 fully saturated rings. The van der Waals surface area contributed by atoms with E-state index in [1.807, 2.05) is 12.4 Å². The van der Waals surface area contributed by atoms with E-state index in [0.717, 1.165) is 11.7 Å². The Balaban J connectivity index is 0.000000720. The van der Waals surface area contributed by atoms with E-state index in [-0.39, 0.29) is 12.4 Å². The van der Waals surface area contributed by atoms with Gasteiger partial charge in [-0.05, 0) is 24.3 Å². The summed E-state index contributed by atoms with van der Waals surface area (Å²) in [6.45, 7) is 0.435. The van der Waals surface area contributed by atoms with Gasteiger partial charge in [-0.25, -0.2) is 9.97 Å². The second kappa shape index (κ2) is 3.83. The lowest BCUT2D eigenvalue weighted by atomic mass is 10.2. The fraction of sp³-hybridized carbons (Fsp3) is 0.500. The Hall–Kier alpha value is -0.670. The topological polar surface area (TPSA) is 51.8 Å². The lowest BCUT2D eigenvalue weighted by Crippen LogP contribution is -2.02. The maximum absolute atomic E-state index is 5.37. The summed E-state index contributed by atoms with van der Waals surface area (Å²) in [4.78, 5) is 8.24. The van der Waals surface area contributed by atoms with Gasteiger partial charge in [0, 0.05) is 12.4 Å². The molecule has 0 amide bonds. The maximum atomic E-state index is 5.37. The van der Waals surface area contributed by atoms with E-state index >= 15 is 0 Å². The van der Waals surface area contributed by atoms with Gasteiger partial charge in [0.25, 0.3) is 0 Å². The Morgan fingerprint density at radius 3 is 2.33 bits per heavy atom. The number of nitrogens with zero attached hydrogens (tertiary/aromatic N) is 2. The number of aromatic nitrogens is 2. The van der Waals surface area contributed by atoms with E-state index in [9.17, 15) is 0 Å². The van der Waals surface area contributed by atoms with Crippen LogP contribution in [0, 0.1) is 0 Å². The van der Waals surface area contributed by atoms with E-state index in [2.05, 4.69) is 9.97 Å². The summed E-state index contributed by atoms with van der Waals surface area (Å²) in [6.07, 6.45) is 6.39. The first-order chi connectivity index (χ1) is 5.40. The summed E-state index contributed by atoms with van der Waals surface area (Å²) < 4.78 is 0. The van der Waals surface area contributed by atoms with E-state index in [1.54, 1.807) is 0 Å². The van der Waals surface area contributed by atoms with Gasteiger partial charge in [0.1, 0.15) is 5.82 Å². The Morgan fingerprint density at radius 2 is 1.92 bits per heavy atom. The zero-order valence-electron chi connectivity index (χ0n) is 6.73. The molecule has 0 aliphatic heterocycles. The summed E-state index contributed by atoms with van der Waals surface area (Å²) >= 11 is 0. The third-order valence-corrected chi connectivity index (χ3v) is 1.96. The molecule has 1 aromatic rings. The van der Waals surface area contributed by atoms with Gasteiger partial charge in [0.05, 0.1) is 6.54 Å². The second-order valence-corrected chi connectivity index (χ2v) is 2.91. The number of hydrogen-bond donors (Lipinski definition) is 1. The normalized spacial score (nSPS) is 15.4. The maximum Gasteiger partial charge on any atom is 0.141 e. The largest absolute Gasteiger partial charge is 0.324 e. The lowest BCUT2D eigenvalue weighted by Gasteiger charge is -1.97. The van der Waals surface area contributed by atoms with Gasteiger partial charge in [-0.1, -0.05) is 0 Å². The highest BCUT2D eigenvalue weighted by molar-refractivity contribution is 5.85. The van der Waals surface area contributed by atoms with Crippen LogP contribution >= 0.6 is 12.4 Å². The third kappa shape index (κ3) is 1.93. The van der Waals surface area contributed by atoms with Gasteiger partial charge in [-0.15, -0.1) is 12.4 Å². The molecule has 4 heteroatoms. The standard InChI is InChI=1S/C8H11N3.ClH/c9-3-8-10-4-7(5-11-8)6-1-2-6;/h4-6H,1-3,9H2;1H. The van der Waals surface area contributed by atoms with Crippen LogP contribution in [0.3, 0.4) is 0 Å². The van der Waals surface area contributed by atoms with Crippen LogP contribution in [0.5, 0.6) is 0 Å². The van der Waals surface area contributed by atoms with Crippen LogP contribution in [-0.2, 0) is 6.54 Å². The van der Waals surface area contributed by atoms with Crippen LogP contribution in [-0.4, -0.2) is 9.97 Å². The molecule has 1 aromatic heterocycles. The molecule has 3 nitrogen and oxygen atoms in total. The highest BCUT2D eigenvalue weighted by atomic mass is 35.5. The molecule has 0 aromatic carbocycles. The van der Waals surface area contributed by atoms with Crippen LogP contribution in [0.2, 0.25) is 0 Å². The predicted octanol–water partition coefficient (Wildman–Crippen LogP) is 1.23. The molecule has 0 atom stereocenters. The van der Waals surface area contributed by atoms with Crippen molar-refractivity contribution in [1.82, 2.24) is 9.97 Å². The fourth-order valence-corrected chi connectivity index (χ4v) is 1.10. The average molecular weight is 186 g/mol. The van der Waals surface area contributed by atoms with E-state index < -0.39 is 0 Å². The van der Waals surface area contributed by atoms with Crippen molar-refractivity contribution in [2.75, 3.05) is 0 Å². The zero-order chi connectivity index (χ0) is 7.68. The Labute approximate surface area is 77.8 Å². The van der Waals surface area contributed by atoms with Crippen molar-refractivity contribution in [3.63, 3.8) is 0 Å². The average Bonchev–Trinajstić information content (AvgIpc) is 2.87. The lowest BCUT2D eigenvalue weighted by molar-refractivity contribution is 0.887. The molecule has 1 aliphatic rings. The monoisotopic (exact) mass is 185 g/mol. The molecule has 2 N–H and O–H groups in total. The minimum absolute atomic E-state index is 0. The Morgan fingerprint density at radius 1 is 1.33 bits per heavy atom. The molecule has 2 rings (SSSR count). The van der Waals surface area contributed by atoms with Gasteiger partial charge < -0.3 is 5.73 Å². The summed E-state index contributed by atoms with van der Waals surface area (Å²) in [5.41, 5.74) is 6.63. The van der Waals surface area contributed by atoms with Crippen molar-refractivity contribution in [2.45, 2.75) is 25.3 Å². The molecule has 0 saturated heterocycles. The van der Waals surface area contributed by atoms with Gasteiger partial charge in [-0.3, -0.25) is 0 Å². The van der Waals surface area contributed by atoms with Crippen molar-refractivity contribution in [3.8, 4) is 0 Å². The van der Waals surface area contributed by atoms with Crippen molar-refractivity contribution in [2.24, 2.45) is 5.73 Å². The Bertz CT molecular complexity index is 243. The summed E-state index contributed by atoms with van der Waals surface area (Å²) in [6, 6.07) is 0. The van der Waals surface area contributed by atoms with Crippen LogP contribution in [0.1, 0.15) is 30.1 Å². The van der Waals surface area contributed by atoms with Gasteiger partial charge in [0.2, 0.25) is 0 Å². The minimum atomic E-state index is 0. The molecule has 1 heterocycles. The molecular formula is C8H12ClN3. The molecule has 0 spiro atoms. The Kier molecular flexibility index (Phi) is 3.00. The highest BCUT2D eigenvalue weighted by Gasteiger charge is 2.23. The number of hydrogen-bond acceptors (Lipinski definition) is 3. The minimum Gasteiger partial charge on any atom is -0.324 e. The molecule has 66 valence electrons. The summed E-state index contributed by atoms with van der Waals surface area (Å²) in [7, 11) is 0. The van der Waals surface area contributed by atoms with Crippen molar-refractivity contribution < 1.29 is 0 Å². The third-order valence-electron chi connectivity index (χ3n) is 1.96. The first-order valence-corrected chi connectivity index (χ1v) is 3.91. The molecular weight excluding hydrogens is 174 g/mol. The quantitative estimate of drug-likeness (QED) is 0.754. The van der Waals surface area contributed by atoms with Gasteiger partial charge in [-0.2, -0.15) is 0 Å². The van der Waals surface area contributed by atoms with Crippen molar-refractivity contribution in [1.29, 1.82) is 0 Å². The van der Waals surface area contributed by atoms with E-state index in [4.69, 9.17) is 5.73 Å². The molecule has 0 bridgehead atoms. The van der Waals surface area contributed by atoms with Gasteiger partial charge in [0.15, 0.2) is 0 Å². The number of rotatable bonds is 2. The van der Waals surface area contributed by atoms with E-state index in [1.165, 1.54) is 18.4 Å². The molecule has 1 saturated carbocycles. The number of halogens is 1. The van der Waals surface area contributed by atoms with Gasteiger partial charge >= 0.3 is 0 Å². The summed E-state index contributed by atoms with van der Waals surface area (Å²) in [5, 5.41) is 0. The molecule has 12 heavy (non-hydrogen) atoms. The van der Waals surface area contributed by atoms with E-state index in [0.29, 0.717) is 6.54 Å². The zero-order valence-corrected chi connectivity index (χ0v) is 7.55. The van der Waals surface area contributed by atoms with Crippen molar-refractivity contribution >= 4 is 12.4 Å². The van der Waals surface area contributed by atoms with Crippen LogP contribution in [0.4, 0.5) is 0 Å². The number of nitrogens with two attached hydrogens (primary N) is 1. The molecule has 0 radical (unpaired) electrons. The van der Waals surface area contributed by atoms with Crippen LogP contribution in [0.15, 0.2) is 12.4 Å². The highest BCUT2D eigenvalue weighted by Crippen LogP contribution is 2.39.